The lowest BCUT2D eigenvalue weighted by Gasteiger charge is -2.19. The van der Waals surface area contributed by atoms with Crippen LogP contribution in [0.3, 0.4) is 0 Å². The molecular weight excluding hydrogens is 364 g/mol. The van der Waals surface area contributed by atoms with Gasteiger partial charge in [-0.3, -0.25) is 14.3 Å². The number of Topliss-reactive ketones (excluding diaryl/α,β-unsaturated/α-hetero) is 1. The number of hydrogen-bond donors (Lipinski definition) is 1. The SMILES string of the molecule is CC(=O)c1nn(CC(=O)OC(C)(C)C)c2cc(CO)c(Br)cc12. The van der Waals surface area contributed by atoms with Crippen LogP contribution in [0, 0.1) is 0 Å². The molecule has 23 heavy (non-hydrogen) atoms. The van der Waals surface area contributed by atoms with E-state index in [0.717, 1.165) is 0 Å². The van der Waals surface area contributed by atoms with Crippen LogP contribution in [-0.2, 0) is 22.7 Å². The Morgan fingerprint density at radius 2 is 2.00 bits per heavy atom. The van der Waals surface area contributed by atoms with Crippen molar-refractivity contribution in [3.63, 3.8) is 0 Å². The van der Waals surface area contributed by atoms with Crippen LogP contribution in [-0.4, -0.2) is 32.2 Å². The third kappa shape index (κ3) is 3.97. The number of carbonyl (C=O) groups excluding carboxylic acids is 2. The third-order valence-corrected chi connectivity index (χ3v) is 3.86. The number of aromatic nitrogens is 2. The lowest BCUT2D eigenvalue weighted by Crippen LogP contribution is -2.26. The molecule has 2 aromatic rings. The zero-order valence-corrected chi connectivity index (χ0v) is 15.1. The number of benzene rings is 1. The predicted molar refractivity (Wildman–Crippen MR) is 89.2 cm³/mol. The van der Waals surface area contributed by atoms with Crippen molar-refractivity contribution < 1.29 is 19.4 Å². The first-order chi connectivity index (χ1) is 10.6. The Hall–Kier alpha value is -1.73. The van der Waals surface area contributed by atoms with Crippen molar-refractivity contribution in [2.75, 3.05) is 0 Å². The molecule has 0 saturated heterocycles. The van der Waals surface area contributed by atoms with Crippen LogP contribution in [0.1, 0.15) is 43.7 Å². The van der Waals surface area contributed by atoms with E-state index in [0.29, 0.717) is 20.9 Å². The summed E-state index contributed by atoms with van der Waals surface area (Å²) >= 11 is 3.36. The molecule has 7 heteroatoms. The first-order valence-corrected chi connectivity index (χ1v) is 7.94. The van der Waals surface area contributed by atoms with Crippen LogP contribution in [0.4, 0.5) is 0 Å². The lowest BCUT2D eigenvalue weighted by atomic mass is 10.1. The number of esters is 1. The van der Waals surface area contributed by atoms with Crippen molar-refractivity contribution in [1.82, 2.24) is 9.78 Å². The molecule has 0 amide bonds. The molecule has 0 atom stereocenters. The van der Waals surface area contributed by atoms with E-state index in [1.807, 2.05) is 0 Å². The second-order valence-electron chi connectivity index (χ2n) is 6.27. The summed E-state index contributed by atoms with van der Waals surface area (Å²) in [4.78, 5) is 23.8. The van der Waals surface area contributed by atoms with E-state index in [9.17, 15) is 14.7 Å². The van der Waals surface area contributed by atoms with E-state index in [4.69, 9.17) is 4.74 Å². The van der Waals surface area contributed by atoms with Crippen LogP contribution in [0.2, 0.25) is 0 Å². The van der Waals surface area contributed by atoms with Gasteiger partial charge >= 0.3 is 5.97 Å². The van der Waals surface area contributed by atoms with Gasteiger partial charge in [-0.15, -0.1) is 0 Å². The second-order valence-corrected chi connectivity index (χ2v) is 7.12. The van der Waals surface area contributed by atoms with E-state index in [2.05, 4.69) is 21.0 Å². The number of carbonyl (C=O) groups is 2. The Kier molecular flexibility index (Phi) is 4.91. The Bertz CT molecular complexity index is 774. The van der Waals surface area contributed by atoms with E-state index in [-0.39, 0.29) is 24.6 Å². The van der Waals surface area contributed by atoms with Gasteiger partial charge < -0.3 is 9.84 Å². The number of hydrogen-bond acceptors (Lipinski definition) is 5. The Morgan fingerprint density at radius 3 is 2.52 bits per heavy atom. The van der Waals surface area contributed by atoms with Gasteiger partial charge in [0, 0.05) is 16.8 Å². The van der Waals surface area contributed by atoms with Gasteiger partial charge in [-0.2, -0.15) is 5.10 Å². The van der Waals surface area contributed by atoms with Crippen molar-refractivity contribution in [2.24, 2.45) is 0 Å². The number of nitrogens with zero attached hydrogens (tertiary/aromatic N) is 2. The summed E-state index contributed by atoms with van der Waals surface area (Å²) in [6, 6.07) is 3.44. The molecule has 0 radical (unpaired) electrons. The van der Waals surface area contributed by atoms with Gasteiger partial charge in [0.1, 0.15) is 17.8 Å². The van der Waals surface area contributed by atoms with Crippen molar-refractivity contribution in [2.45, 2.75) is 46.4 Å². The molecular formula is C16H19BrN2O4. The average molecular weight is 383 g/mol. The van der Waals surface area contributed by atoms with Crippen molar-refractivity contribution in [1.29, 1.82) is 0 Å². The van der Waals surface area contributed by atoms with Gasteiger partial charge in [0.2, 0.25) is 0 Å². The van der Waals surface area contributed by atoms with Crippen molar-refractivity contribution in [3.05, 3.63) is 27.9 Å². The number of rotatable bonds is 4. The fraction of sp³-hybridized carbons (Fsp3) is 0.438. The number of fused-ring (bicyclic) bond motifs is 1. The molecule has 0 saturated carbocycles. The molecule has 0 aliphatic heterocycles. The van der Waals surface area contributed by atoms with E-state index in [1.165, 1.54) is 11.6 Å². The summed E-state index contributed by atoms with van der Waals surface area (Å²) in [5, 5.41) is 14.3. The number of aliphatic hydroxyl groups is 1. The molecule has 0 unspecified atom stereocenters. The molecule has 1 N–H and O–H groups in total. The van der Waals surface area contributed by atoms with Gasteiger partial charge in [0.25, 0.3) is 0 Å². The molecule has 0 fully saturated rings. The van der Waals surface area contributed by atoms with Crippen LogP contribution < -0.4 is 0 Å². The quantitative estimate of drug-likeness (QED) is 0.649. The van der Waals surface area contributed by atoms with Crippen LogP contribution >= 0.6 is 15.9 Å². The number of ether oxygens (including phenoxy) is 1. The number of halogens is 1. The van der Waals surface area contributed by atoms with E-state index < -0.39 is 11.6 Å². The molecule has 124 valence electrons. The van der Waals surface area contributed by atoms with Gasteiger partial charge in [0.15, 0.2) is 5.78 Å². The molecule has 0 aliphatic rings. The third-order valence-electron chi connectivity index (χ3n) is 3.12. The smallest absolute Gasteiger partial charge is 0.328 e. The van der Waals surface area contributed by atoms with Gasteiger partial charge in [0.05, 0.1) is 12.1 Å². The minimum Gasteiger partial charge on any atom is -0.459 e. The summed E-state index contributed by atoms with van der Waals surface area (Å²) in [5.41, 5.74) is 0.947. The largest absolute Gasteiger partial charge is 0.459 e. The minimum absolute atomic E-state index is 0.104. The molecule has 1 heterocycles. The van der Waals surface area contributed by atoms with Crippen LogP contribution in [0.25, 0.3) is 10.9 Å². The molecule has 2 rings (SSSR count). The zero-order valence-electron chi connectivity index (χ0n) is 13.5. The molecule has 6 nitrogen and oxygen atoms in total. The average Bonchev–Trinajstić information content (AvgIpc) is 2.73. The van der Waals surface area contributed by atoms with E-state index >= 15 is 0 Å². The highest BCUT2D eigenvalue weighted by atomic mass is 79.9. The molecule has 0 bridgehead atoms. The maximum Gasteiger partial charge on any atom is 0.328 e. The molecule has 1 aromatic heterocycles. The highest BCUT2D eigenvalue weighted by Gasteiger charge is 2.21. The summed E-state index contributed by atoms with van der Waals surface area (Å²) in [5.74, 6) is -0.632. The van der Waals surface area contributed by atoms with Gasteiger partial charge in [-0.05, 0) is 38.5 Å². The fourth-order valence-electron chi connectivity index (χ4n) is 2.23. The Morgan fingerprint density at radius 1 is 1.35 bits per heavy atom. The maximum atomic E-state index is 12.0. The van der Waals surface area contributed by atoms with Crippen LogP contribution in [0.5, 0.6) is 0 Å². The summed E-state index contributed by atoms with van der Waals surface area (Å²) in [6.45, 7) is 6.51. The summed E-state index contributed by atoms with van der Waals surface area (Å²) in [6.07, 6.45) is 0. The summed E-state index contributed by atoms with van der Waals surface area (Å²) < 4.78 is 7.42. The second kappa shape index (κ2) is 6.41. The first-order valence-electron chi connectivity index (χ1n) is 7.15. The number of ketones is 1. The highest BCUT2D eigenvalue weighted by Crippen LogP contribution is 2.27. The summed E-state index contributed by atoms with van der Waals surface area (Å²) in [7, 11) is 0. The monoisotopic (exact) mass is 382 g/mol. The zero-order chi connectivity index (χ0) is 17.4. The lowest BCUT2D eigenvalue weighted by molar-refractivity contribution is -0.155. The first kappa shape index (κ1) is 17.6. The van der Waals surface area contributed by atoms with Gasteiger partial charge in [-0.25, -0.2) is 0 Å². The fourth-order valence-corrected chi connectivity index (χ4v) is 2.70. The minimum atomic E-state index is -0.595. The highest BCUT2D eigenvalue weighted by molar-refractivity contribution is 9.10. The molecule has 0 aliphatic carbocycles. The normalized spacial score (nSPS) is 11.7. The standard InChI is InChI=1S/C16H19BrN2O4/c1-9(21)15-11-6-12(17)10(8-20)5-13(11)19(18-15)7-14(22)23-16(2,3)4/h5-6,20H,7-8H2,1-4H3. The molecule has 0 spiro atoms. The Labute approximate surface area is 142 Å². The maximum absolute atomic E-state index is 12.0. The van der Waals surface area contributed by atoms with Gasteiger partial charge in [-0.1, -0.05) is 15.9 Å². The van der Waals surface area contributed by atoms with Crippen LogP contribution in [0.15, 0.2) is 16.6 Å². The van der Waals surface area contributed by atoms with E-state index in [1.54, 1.807) is 32.9 Å². The van der Waals surface area contributed by atoms with Crippen molar-refractivity contribution >= 4 is 38.6 Å². The predicted octanol–water partition coefficient (Wildman–Crippen LogP) is 2.84. The van der Waals surface area contributed by atoms with Crippen molar-refractivity contribution in [3.8, 4) is 0 Å². The molecule has 1 aromatic carbocycles. The Balaban J connectivity index is 2.51. The number of aliphatic hydroxyl groups excluding tert-OH is 1. The topological polar surface area (TPSA) is 81.4 Å².